The van der Waals surface area contributed by atoms with Crippen LogP contribution in [-0.4, -0.2) is 21.9 Å². The maximum atomic E-state index is 11.7. The van der Waals surface area contributed by atoms with Crippen molar-refractivity contribution < 1.29 is 9.53 Å². The molecule has 0 bridgehead atoms. The monoisotopic (exact) mass is 308 g/mol. The average Bonchev–Trinajstić information content (AvgIpc) is 2.73. The Bertz CT molecular complexity index is 661. The van der Waals surface area contributed by atoms with Crippen molar-refractivity contribution in [2.75, 3.05) is 11.1 Å². The highest BCUT2D eigenvalue weighted by Crippen LogP contribution is 2.30. The molecule has 7 heteroatoms. The molecule has 0 aliphatic carbocycles. The van der Waals surface area contributed by atoms with Gasteiger partial charge in [-0.1, -0.05) is 11.6 Å². The van der Waals surface area contributed by atoms with Crippen molar-refractivity contribution in [1.29, 1.82) is 0 Å². The molecule has 1 aromatic heterocycles. The Morgan fingerprint density at radius 3 is 2.62 bits per heavy atom. The fourth-order valence-electron chi connectivity index (χ4n) is 1.71. The van der Waals surface area contributed by atoms with E-state index in [1.165, 1.54) is 0 Å². The molecule has 1 aromatic carbocycles. The fourth-order valence-corrected chi connectivity index (χ4v) is 1.99. The number of halogens is 1. The number of benzene rings is 1. The van der Waals surface area contributed by atoms with Crippen molar-refractivity contribution in [3.8, 4) is 11.3 Å². The van der Waals surface area contributed by atoms with Crippen molar-refractivity contribution in [1.82, 2.24) is 10.2 Å². The Balaban J connectivity index is 2.14. The van der Waals surface area contributed by atoms with Gasteiger partial charge in [0.15, 0.2) is 0 Å². The number of nitrogens with zero attached hydrogens (tertiary/aromatic N) is 1. The van der Waals surface area contributed by atoms with Crippen LogP contribution in [0.25, 0.3) is 11.3 Å². The van der Waals surface area contributed by atoms with E-state index < -0.39 is 11.7 Å². The zero-order chi connectivity index (χ0) is 15.6. The van der Waals surface area contributed by atoms with Crippen molar-refractivity contribution in [3.05, 3.63) is 29.3 Å². The van der Waals surface area contributed by atoms with E-state index in [2.05, 4.69) is 15.5 Å². The number of hydrogen-bond donors (Lipinski definition) is 3. The summed E-state index contributed by atoms with van der Waals surface area (Å²) < 4.78 is 5.17. The molecule has 0 aliphatic rings. The third-order valence-corrected chi connectivity index (χ3v) is 2.81. The SMILES string of the molecule is CC(C)(C)OC(=O)Nc1ccc(-c2cc(N)n[nH]2)c(Cl)c1. The quantitative estimate of drug-likeness (QED) is 0.789. The first-order valence-electron chi connectivity index (χ1n) is 6.35. The summed E-state index contributed by atoms with van der Waals surface area (Å²) in [5, 5.41) is 9.72. The smallest absolute Gasteiger partial charge is 0.412 e. The van der Waals surface area contributed by atoms with Crippen LogP contribution in [0, 0.1) is 0 Å². The molecule has 1 heterocycles. The van der Waals surface area contributed by atoms with Crippen LogP contribution in [0.4, 0.5) is 16.3 Å². The molecule has 0 aliphatic heterocycles. The number of amides is 1. The Kier molecular flexibility index (Phi) is 4.09. The van der Waals surface area contributed by atoms with Crippen molar-refractivity contribution in [2.45, 2.75) is 26.4 Å². The molecule has 0 unspecified atom stereocenters. The average molecular weight is 309 g/mol. The van der Waals surface area contributed by atoms with E-state index in [4.69, 9.17) is 22.1 Å². The van der Waals surface area contributed by atoms with Gasteiger partial charge < -0.3 is 10.5 Å². The largest absolute Gasteiger partial charge is 0.444 e. The maximum absolute atomic E-state index is 11.7. The third kappa shape index (κ3) is 4.13. The molecular formula is C14H17ClN4O2. The molecule has 6 nitrogen and oxygen atoms in total. The number of anilines is 2. The minimum atomic E-state index is -0.554. The van der Waals surface area contributed by atoms with Gasteiger partial charge in [0.2, 0.25) is 0 Å². The lowest BCUT2D eigenvalue weighted by molar-refractivity contribution is 0.0636. The van der Waals surface area contributed by atoms with Crippen LogP contribution in [0.5, 0.6) is 0 Å². The second kappa shape index (κ2) is 5.65. The van der Waals surface area contributed by atoms with E-state index in [0.29, 0.717) is 22.2 Å². The van der Waals surface area contributed by atoms with Crippen LogP contribution in [-0.2, 0) is 4.74 Å². The van der Waals surface area contributed by atoms with E-state index in [1.807, 2.05) is 0 Å². The molecule has 4 N–H and O–H groups in total. The summed E-state index contributed by atoms with van der Waals surface area (Å²) in [6, 6.07) is 6.81. The van der Waals surface area contributed by atoms with Gasteiger partial charge in [-0.05, 0) is 39.0 Å². The molecule has 2 rings (SSSR count). The zero-order valence-corrected chi connectivity index (χ0v) is 12.8. The number of ether oxygens (including phenoxy) is 1. The minimum Gasteiger partial charge on any atom is -0.444 e. The predicted octanol–water partition coefficient (Wildman–Crippen LogP) is 3.66. The molecular weight excluding hydrogens is 292 g/mol. The van der Waals surface area contributed by atoms with Gasteiger partial charge in [-0.2, -0.15) is 5.10 Å². The Labute approximate surface area is 127 Å². The zero-order valence-electron chi connectivity index (χ0n) is 12.0. The van der Waals surface area contributed by atoms with Crippen LogP contribution >= 0.6 is 11.6 Å². The second-order valence-corrected chi connectivity index (χ2v) is 5.94. The van der Waals surface area contributed by atoms with Gasteiger partial charge in [0, 0.05) is 17.3 Å². The van der Waals surface area contributed by atoms with Crippen LogP contribution in [0.3, 0.4) is 0 Å². The first-order chi connectivity index (χ1) is 9.74. The highest BCUT2D eigenvalue weighted by Gasteiger charge is 2.16. The summed E-state index contributed by atoms with van der Waals surface area (Å²) in [5.41, 5.74) is 7.01. The number of aromatic amines is 1. The van der Waals surface area contributed by atoms with Crippen LogP contribution < -0.4 is 11.1 Å². The number of carbonyl (C=O) groups is 1. The summed E-state index contributed by atoms with van der Waals surface area (Å²) in [7, 11) is 0. The van der Waals surface area contributed by atoms with Crippen LogP contribution in [0.1, 0.15) is 20.8 Å². The molecule has 0 saturated heterocycles. The van der Waals surface area contributed by atoms with Gasteiger partial charge in [0.25, 0.3) is 0 Å². The standard InChI is InChI=1S/C14H17ClN4O2/c1-14(2,3)21-13(20)17-8-4-5-9(10(15)6-8)11-7-12(16)19-18-11/h4-7H,1-3H3,(H,17,20)(H3,16,18,19). The van der Waals surface area contributed by atoms with Gasteiger partial charge in [-0.15, -0.1) is 0 Å². The van der Waals surface area contributed by atoms with Gasteiger partial charge in [-0.25, -0.2) is 4.79 Å². The molecule has 1 amide bonds. The molecule has 112 valence electrons. The first-order valence-corrected chi connectivity index (χ1v) is 6.73. The number of rotatable bonds is 2. The fraction of sp³-hybridized carbons (Fsp3) is 0.286. The van der Waals surface area contributed by atoms with E-state index >= 15 is 0 Å². The van der Waals surface area contributed by atoms with E-state index in [0.717, 1.165) is 5.56 Å². The number of nitrogens with two attached hydrogens (primary N) is 1. The van der Waals surface area contributed by atoms with Gasteiger partial charge in [0.05, 0.1) is 10.7 Å². The lowest BCUT2D eigenvalue weighted by atomic mass is 10.1. The topological polar surface area (TPSA) is 93.0 Å². The Hall–Kier alpha value is -2.21. The highest BCUT2D eigenvalue weighted by atomic mass is 35.5. The highest BCUT2D eigenvalue weighted by molar-refractivity contribution is 6.33. The van der Waals surface area contributed by atoms with Crippen LogP contribution in [0.2, 0.25) is 5.02 Å². The van der Waals surface area contributed by atoms with Crippen molar-refractivity contribution in [2.24, 2.45) is 0 Å². The summed E-state index contributed by atoms with van der Waals surface area (Å²) >= 11 is 6.21. The molecule has 0 spiro atoms. The van der Waals surface area contributed by atoms with Crippen molar-refractivity contribution in [3.63, 3.8) is 0 Å². The second-order valence-electron chi connectivity index (χ2n) is 5.53. The molecule has 0 radical (unpaired) electrons. The maximum Gasteiger partial charge on any atom is 0.412 e. The lowest BCUT2D eigenvalue weighted by Gasteiger charge is -2.19. The van der Waals surface area contributed by atoms with Gasteiger partial charge in [0.1, 0.15) is 11.4 Å². The van der Waals surface area contributed by atoms with Gasteiger partial charge >= 0.3 is 6.09 Å². The summed E-state index contributed by atoms with van der Waals surface area (Å²) in [4.78, 5) is 11.7. The molecule has 0 atom stereocenters. The predicted molar refractivity (Wildman–Crippen MR) is 83.3 cm³/mol. The molecule has 2 aromatic rings. The van der Waals surface area contributed by atoms with E-state index in [-0.39, 0.29) is 0 Å². The third-order valence-electron chi connectivity index (χ3n) is 2.50. The molecule has 21 heavy (non-hydrogen) atoms. The Morgan fingerprint density at radius 2 is 2.10 bits per heavy atom. The van der Waals surface area contributed by atoms with Crippen molar-refractivity contribution >= 4 is 29.2 Å². The number of carbonyl (C=O) groups excluding carboxylic acids is 1. The van der Waals surface area contributed by atoms with Gasteiger partial charge in [-0.3, -0.25) is 10.4 Å². The van der Waals surface area contributed by atoms with E-state index in [1.54, 1.807) is 45.0 Å². The lowest BCUT2D eigenvalue weighted by Crippen LogP contribution is -2.27. The van der Waals surface area contributed by atoms with E-state index in [9.17, 15) is 4.79 Å². The summed E-state index contributed by atoms with van der Waals surface area (Å²) in [6.45, 7) is 5.39. The van der Waals surface area contributed by atoms with Crippen LogP contribution in [0.15, 0.2) is 24.3 Å². The number of nitrogens with one attached hydrogen (secondary N) is 2. The number of hydrogen-bond acceptors (Lipinski definition) is 4. The number of nitrogen functional groups attached to an aromatic ring is 1. The molecule has 0 fully saturated rings. The molecule has 0 saturated carbocycles. The Morgan fingerprint density at radius 1 is 1.38 bits per heavy atom. The number of aromatic nitrogens is 2. The first kappa shape index (κ1) is 15.2. The summed E-state index contributed by atoms with van der Waals surface area (Å²) in [6.07, 6.45) is -0.530. The minimum absolute atomic E-state index is 0.386. The number of H-pyrrole nitrogens is 1. The normalized spacial score (nSPS) is 11.2. The summed E-state index contributed by atoms with van der Waals surface area (Å²) in [5.74, 6) is 0.386.